The lowest BCUT2D eigenvalue weighted by molar-refractivity contribution is -0.132. The van der Waals surface area contributed by atoms with Crippen molar-refractivity contribution in [1.29, 1.82) is 0 Å². The van der Waals surface area contributed by atoms with Crippen LogP contribution >= 0.6 is 0 Å². The molecule has 0 aromatic carbocycles. The van der Waals surface area contributed by atoms with E-state index < -0.39 is 0 Å². The number of carbonyl (C=O) groups excluding carboxylic acids is 2. The van der Waals surface area contributed by atoms with Crippen LogP contribution in [0.25, 0.3) is 0 Å². The highest BCUT2D eigenvalue weighted by atomic mass is 16.2. The molecule has 1 saturated heterocycles. The molecule has 18 heavy (non-hydrogen) atoms. The maximum atomic E-state index is 11.8. The van der Waals surface area contributed by atoms with Crippen molar-refractivity contribution in [1.82, 2.24) is 15.1 Å². The molecule has 1 N–H and O–H groups in total. The maximum absolute atomic E-state index is 11.8. The average Bonchev–Trinajstić information content (AvgIpc) is 2.36. The second-order valence-corrected chi connectivity index (χ2v) is 5.10. The Kier molecular flexibility index (Phi) is 5.95. The van der Waals surface area contributed by atoms with Gasteiger partial charge in [0.05, 0.1) is 0 Å². The summed E-state index contributed by atoms with van der Waals surface area (Å²) in [6.45, 7) is 3.62. The summed E-state index contributed by atoms with van der Waals surface area (Å²) >= 11 is 0. The number of likely N-dealkylation sites (tertiary alicyclic amines) is 1. The van der Waals surface area contributed by atoms with Crippen molar-refractivity contribution in [3.8, 4) is 0 Å². The second-order valence-electron chi connectivity index (χ2n) is 5.10. The van der Waals surface area contributed by atoms with Crippen molar-refractivity contribution >= 4 is 11.9 Å². The maximum Gasteiger partial charge on any atom is 0.317 e. The molecule has 1 aliphatic heterocycles. The van der Waals surface area contributed by atoms with Crippen LogP contribution in [0.15, 0.2) is 0 Å². The Bertz CT molecular complexity index is 284. The Morgan fingerprint density at radius 1 is 1.28 bits per heavy atom. The summed E-state index contributed by atoms with van der Waals surface area (Å²) in [5.74, 6) is 0.259. The molecule has 1 fully saturated rings. The molecule has 1 heterocycles. The molecule has 0 saturated carbocycles. The number of urea groups is 1. The number of nitrogens with one attached hydrogen (secondary N) is 1. The zero-order chi connectivity index (χ0) is 13.5. The fourth-order valence-electron chi connectivity index (χ4n) is 2.06. The highest BCUT2D eigenvalue weighted by Crippen LogP contribution is 2.12. The number of nitrogens with zero attached hydrogens (tertiary/aromatic N) is 2. The molecule has 0 aromatic rings. The van der Waals surface area contributed by atoms with E-state index in [0.717, 1.165) is 38.8 Å². The van der Waals surface area contributed by atoms with Crippen LogP contribution in [-0.4, -0.2) is 55.0 Å². The van der Waals surface area contributed by atoms with E-state index in [-0.39, 0.29) is 18.0 Å². The lowest BCUT2D eigenvalue weighted by atomic mass is 10.0. The van der Waals surface area contributed by atoms with Gasteiger partial charge in [-0.15, -0.1) is 0 Å². The predicted molar refractivity (Wildman–Crippen MR) is 71.3 cm³/mol. The third-order valence-electron chi connectivity index (χ3n) is 3.33. The predicted octanol–water partition coefficient (Wildman–Crippen LogP) is 1.44. The molecule has 5 nitrogen and oxygen atoms in total. The second kappa shape index (κ2) is 7.24. The van der Waals surface area contributed by atoms with Crippen LogP contribution < -0.4 is 5.32 Å². The number of rotatable bonds is 4. The van der Waals surface area contributed by atoms with E-state index in [2.05, 4.69) is 12.2 Å². The van der Waals surface area contributed by atoms with Crippen LogP contribution in [-0.2, 0) is 4.79 Å². The summed E-state index contributed by atoms with van der Waals surface area (Å²) in [5.41, 5.74) is 0. The van der Waals surface area contributed by atoms with E-state index in [0.29, 0.717) is 6.42 Å². The molecule has 3 amide bonds. The van der Waals surface area contributed by atoms with E-state index >= 15 is 0 Å². The average molecular weight is 255 g/mol. The number of hydrogen-bond acceptors (Lipinski definition) is 2. The standard InChI is InChI=1S/C13H25N3O2/c1-4-5-6-12(17)16-9-7-11(8-10-16)14-13(18)15(2)3/h11H,4-10H2,1-3H3,(H,14,18). The van der Waals surface area contributed by atoms with Gasteiger partial charge in [0.15, 0.2) is 0 Å². The number of amides is 3. The molecule has 5 heteroatoms. The van der Waals surface area contributed by atoms with Crippen LogP contribution in [0.2, 0.25) is 0 Å². The van der Waals surface area contributed by atoms with Crippen LogP contribution in [0.5, 0.6) is 0 Å². The highest BCUT2D eigenvalue weighted by Gasteiger charge is 2.23. The SMILES string of the molecule is CCCCC(=O)N1CCC(NC(=O)N(C)C)CC1. The summed E-state index contributed by atoms with van der Waals surface area (Å²) in [5, 5.41) is 2.97. The van der Waals surface area contributed by atoms with Crippen LogP contribution in [0.1, 0.15) is 39.0 Å². The fourth-order valence-corrected chi connectivity index (χ4v) is 2.06. The van der Waals surface area contributed by atoms with Crippen molar-refractivity contribution in [3.63, 3.8) is 0 Å². The van der Waals surface area contributed by atoms with Gasteiger partial charge in [0.1, 0.15) is 0 Å². The Hall–Kier alpha value is -1.26. The smallest absolute Gasteiger partial charge is 0.317 e. The first-order chi connectivity index (χ1) is 8.54. The molecule has 1 aliphatic rings. The van der Waals surface area contributed by atoms with Gasteiger partial charge in [-0.1, -0.05) is 13.3 Å². The molecular weight excluding hydrogens is 230 g/mol. The fraction of sp³-hybridized carbons (Fsp3) is 0.846. The van der Waals surface area contributed by atoms with Crippen molar-refractivity contribution < 1.29 is 9.59 Å². The number of carbonyl (C=O) groups is 2. The minimum Gasteiger partial charge on any atom is -0.343 e. The van der Waals surface area contributed by atoms with E-state index in [1.807, 2.05) is 4.90 Å². The van der Waals surface area contributed by atoms with Gasteiger partial charge in [-0.2, -0.15) is 0 Å². The normalized spacial score (nSPS) is 16.5. The van der Waals surface area contributed by atoms with E-state index in [4.69, 9.17) is 0 Å². The zero-order valence-corrected chi connectivity index (χ0v) is 11.7. The summed E-state index contributed by atoms with van der Waals surface area (Å²) < 4.78 is 0. The van der Waals surface area contributed by atoms with Gasteiger partial charge in [0, 0.05) is 39.6 Å². The summed E-state index contributed by atoms with van der Waals surface area (Å²) in [7, 11) is 3.47. The third kappa shape index (κ3) is 4.55. The van der Waals surface area contributed by atoms with Crippen molar-refractivity contribution in [2.45, 2.75) is 45.1 Å². The van der Waals surface area contributed by atoms with Crippen molar-refractivity contribution in [2.24, 2.45) is 0 Å². The first-order valence-corrected chi connectivity index (χ1v) is 6.80. The topological polar surface area (TPSA) is 52.7 Å². The molecule has 0 spiro atoms. The van der Waals surface area contributed by atoms with E-state index in [1.165, 1.54) is 0 Å². The van der Waals surface area contributed by atoms with Crippen molar-refractivity contribution in [3.05, 3.63) is 0 Å². The van der Waals surface area contributed by atoms with Gasteiger partial charge in [-0.3, -0.25) is 4.79 Å². The van der Waals surface area contributed by atoms with Gasteiger partial charge in [0.25, 0.3) is 0 Å². The van der Waals surface area contributed by atoms with Crippen LogP contribution in [0.3, 0.4) is 0 Å². The molecule has 0 atom stereocenters. The quantitative estimate of drug-likeness (QED) is 0.826. The van der Waals surface area contributed by atoms with Gasteiger partial charge >= 0.3 is 6.03 Å². The summed E-state index contributed by atoms with van der Waals surface area (Å²) in [4.78, 5) is 26.8. The zero-order valence-electron chi connectivity index (χ0n) is 11.7. The lowest BCUT2D eigenvalue weighted by Crippen LogP contribution is -2.48. The first kappa shape index (κ1) is 14.8. The Morgan fingerprint density at radius 2 is 1.89 bits per heavy atom. The highest BCUT2D eigenvalue weighted by molar-refractivity contribution is 5.76. The van der Waals surface area contributed by atoms with Gasteiger partial charge in [-0.25, -0.2) is 4.79 Å². The minimum absolute atomic E-state index is 0.0502. The number of unbranched alkanes of at least 4 members (excludes halogenated alkanes) is 1. The van der Waals surface area contributed by atoms with Crippen molar-refractivity contribution in [2.75, 3.05) is 27.2 Å². The minimum atomic E-state index is -0.0502. The molecular formula is C13H25N3O2. The molecule has 0 radical (unpaired) electrons. The van der Waals surface area contributed by atoms with E-state index in [1.54, 1.807) is 19.0 Å². The monoisotopic (exact) mass is 255 g/mol. The van der Waals surface area contributed by atoms with Gasteiger partial charge in [-0.05, 0) is 19.3 Å². The number of hydrogen-bond donors (Lipinski definition) is 1. The molecule has 1 rings (SSSR count). The largest absolute Gasteiger partial charge is 0.343 e. The molecule has 104 valence electrons. The Morgan fingerprint density at radius 3 is 2.39 bits per heavy atom. The molecule has 0 aromatic heterocycles. The Balaban J connectivity index is 2.28. The summed E-state index contributed by atoms with van der Waals surface area (Å²) in [6, 6.07) is 0.154. The molecule has 0 bridgehead atoms. The lowest BCUT2D eigenvalue weighted by Gasteiger charge is -2.33. The van der Waals surface area contributed by atoms with Gasteiger partial charge < -0.3 is 15.1 Å². The molecule has 0 unspecified atom stereocenters. The molecule has 0 aliphatic carbocycles. The van der Waals surface area contributed by atoms with Crippen LogP contribution in [0, 0.1) is 0 Å². The third-order valence-corrected chi connectivity index (χ3v) is 3.33. The first-order valence-electron chi connectivity index (χ1n) is 6.80. The summed E-state index contributed by atoms with van der Waals surface area (Å²) in [6.07, 6.45) is 4.40. The van der Waals surface area contributed by atoms with Crippen LogP contribution in [0.4, 0.5) is 4.79 Å². The number of piperidine rings is 1. The van der Waals surface area contributed by atoms with Gasteiger partial charge in [0.2, 0.25) is 5.91 Å². The van der Waals surface area contributed by atoms with E-state index in [9.17, 15) is 9.59 Å². The Labute approximate surface area is 110 Å².